The molecular weight excluding hydrogens is 198 g/mol. The van der Waals surface area contributed by atoms with Crippen molar-refractivity contribution in [1.29, 1.82) is 5.26 Å². The van der Waals surface area contributed by atoms with Gasteiger partial charge in [0.2, 0.25) is 0 Å². The van der Waals surface area contributed by atoms with Crippen molar-refractivity contribution >= 4 is 0 Å². The smallest absolute Gasteiger partial charge is 0.206 e. The number of halogens is 4. The first-order chi connectivity index (χ1) is 6.36. The van der Waals surface area contributed by atoms with Crippen LogP contribution in [0, 0.1) is 24.1 Å². The molecule has 0 bridgehead atoms. The molecule has 0 aliphatic carbocycles. The van der Waals surface area contributed by atoms with Crippen molar-refractivity contribution in [3.05, 3.63) is 34.6 Å². The molecule has 0 saturated carbocycles. The minimum Gasteiger partial charge on any atom is -0.206 e. The number of alkyl halides is 3. The van der Waals surface area contributed by atoms with E-state index in [1.807, 2.05) is 0 Å². The summed E-state index contributed by atoms with van der Waals surface area (Å²) in [6.07, 6.45) is -4.70. The Morgan fingerprint density at radius 2 is 1.86 bits per heavy atom. The van der Waals surface area contributed by atoms with Crippen molar-refractivity contribution in [2.45, 2.75) is 13.1 Å². The zero-order chi connectivity index (χ0) is 10.9. The number of nitriles is 1. The van der Waals surface area contributed by atoms with E-state index in [9.17, 15) is 17.6 Å². The first-order valence-corrected chi connectivity index (χ1v) is 3.63. The summed E-state index contributed by atoms with van der Waals surface area (Å²) in [5, 5.41) is 8.36. The molecule has 0 amide bonds. The molecule has 1 aromatic carbocycles. The summed E-state index contributed by atoms with van der Waals surface area (Å²) >= 11 is 0. The zero-order valence-corrected chi connectivity index (χ0v) is 7.11. The van der Waals surface area contributed by atoms with Gasteiger partial charge in [0.05, 0.1) is 11.1 Å². The van der Waals surface area contributed by atoms with Crippen LogP contribution in [0.15, 0.2) is 12.1 Å². The molecule has 0 heterocycles. The second-order valence-corrected chi connectivity index (χ2v) is 2.78. The van der Waals surface area contributed by atoms with Gasteiger partial charge in [-0.3, -0.25) is 0 Å². The third-order valence-electron chi connectivity index (χ3n) is 1.65. The lowest BCUT2D eigenvalue weighted by Gasteiger charge is -2.09. The van der Waals surface area contributed by atoms with Crippen LogP contribution < -0.4 is 0 Å². The summed E-state index contributed by atoms with van der Waals surface area (Å²) in [6.45, 7) is 1.33. The zero-order valence-electron chi connectivity index (χ0n) is 7.11. The molecule has 0 aliphatic heterocycles. The molecule has 5 heteroatoms. The number of rotatable bonds is 0. The average Bonchev–Trinajstić information content (AvgIpc) is 2.01. The van der Waals surface area contributed by atoms with Gasteiger partial charge >= 0.3 is 6.18 Å². The maximum atomic E-state index is 12.9. The van der Waals surface area contributed by atoms with E-state index in [2.05, 4.69) is 0 Å². The molecular formula is C9H5F4N. The number of nitrogens with zero attached hydrogens (tertiary/aromatic N) is 1. The van der Waals surface area contributed by atoms with Crippen LogP contribution in [0.3, 0.4) is 0 Å². The Hall–Kier alpha value is -1.57. The maximum Gasteiger partial charge on any atom is 0.417 e. The predicted octanol–water partition coefficient (Wildman–Crippen LogP) is 3.02. The van der Waals surface area contributed by atoms with Gasteiger partial charge in [0.15, 0.2) is 0 Å². The Morgan fingerprint density at radius 3 is 2.29 bits per heavy atom. The second kappa shape index (κ2) is 3.29. The Kier molecular flexibility index (Phi) is 2.47. The highest BCUT2D eigenvalue weighted by Crippen LogP contribution is 2.33. The Labute approximate surface area is 77.6 Å². The fourth-order valence-corrected chi connectivity index (χ4v) is 1.08. The molecule has 0 spiro atoms. The Morgan fingerprint density at radius 1 is 1.29 bits per heavy atom. The molecule has 1 rings (SSSR count). The molecule has 74 valence electrons. The van der Waals surface area contributed by atoms with Gasteiger partial charge in [-0.1, -0.05) is 0 Å². The van der Waals surface area contributed by atoms with E-state index >= 15 is 0 Å². The first-order valence-electron chi connectivity index (χ1n) is 3.63. The summed E-state index contributed by atoms with van der Waals surface area (Å²) in [7, 11) is 0. The van der Waals surface area contributed by atoms with E-state index in [-0.39, 0.29) is 5.56 Å². The quantitative estimate of drug-likeness (QED) is 0.594. The first kappa shape index (κ1) is 10.5. The standard InChI is InChI=1S/C9H5F4N/c1-5-2-7(9(11,12)13)6(4-14)8(10)3-5/h2-3H,1H3. The molecule has 0 aliphatic rings. The van der Waals surface area contributed by atoms with Crippen molar-refractivity contribution in [1.82, 2.24) is 0 Å². The third-order valence-corrected chi connectivity index (χ3v) is 1.65. The molecule has 1 nitrogen and oxygen atoms in total. The van der Waals surface area contributed by atoms with Crippen molar-refractivity contribution in [2.75, 3.05) is 0 Å². The number of benzene rings is 1. The molecule has 0 aromatic heterocycles. The highest BCUT2D eigenvalue weighted by atomic mass is 19.4. The van der Waals surface area contributed by atoms with Gasteiger partial charge < -0.3 is 0 Å². The lowest BCUT2D eigenvalue weighted by atomic mass is 10.0. The molecule has 0 fully saturated rings. The largest absolute Gasteiger partial charge is 0.417 e. The van der Waals surface area contributed by atoms with Crippen molar-refractivity contribution < 1.29 is 17.6 Å². The second-order valence-electron chi connectivity index (χ2n) is 2.78. The van der Waals surface area contributed by atoms with Gasteiger partial charge in [0.1, 0.15) is 11.9 Å². The summed E-state index contributed by atoms with van der Waals surface area (Å²) in [5.74, 6) is -1.14. The fourth-order valence-electron chi connectivity index (χ4n) is 1.08. The summed E-state index contributed by atoms with van der Waals surface area (Å²) in [4.78, 5) is 0. The number of aryl methyl sites for hydroxylation is 1. The minimum absolute atomic E-state index is 0.133. The monoisotopic (exact) mass is 203 g/mol. The van der Waals surface area contributed by atoms with Crippen LogP contribution in [-0.2, 0) is 6.18 Å². The van der Waals surface area contributed by atoms with Gasteiger partial charge in [0.25, 0.3) is 0 Å². The lowest BCUT2D eigenvalue weighted by molar-refractivity contribution is -0.138. The highest BCUT2D eigenvalue weighted by Gasteiger charge is 2.35. The SMILES string of the molecule is Cc1cc(F)c(C#N)c(C(F)(F)F)c1. The van der Waals surface area contributed by atoms with Crippen LogP contribution in [0.4, 0.5) is 17.6 Å². The summed E-state index contributed by atoms with van der Waals surface area (Å²) in [5.41, 5.74) is -2.05. The fraction of sp³-hybridized carbons (Fsp3) is 0.222. The van der Waals surface area contributed by atoms with Crippen molar-refractivity contribution in [3.63, 3.8) is 0 Å². The molecule has 0 saturated heterocycles. The van der Waals surface area contributed by atoms with E-state index in [0.717, 1.165) is 12.1 Å². The maximum absolute atomic E-state index is 12.9. The summed E-state index contributed by atoms with van der Waals surface area (Å²) in [6, 6.07) is 2.85. The van der Waals surface area contributed by atoms with Crippen LogP contribution in [0.5, 0.6) is 0 Å². The van der Waals surface area contributed by atoms with E-state index < -0.39 is 23.1 Å². The van der Waals surface area contributed by atoms with Crippen molar-refractivity contribution in [3.8, 4) is 6.07 Å². The predicted molar refractivity (Wildman–Crippen MR) is 40.9 cm³/mol. The van der Waals surface area contributed by atoms with Gasteiger partial charge in [-0.05, 0) is 24.6 Å². The van der Waals surface area contributed by atoms with E-state index in [1.165, 1.54) is 13.0 Å². The molecule has 1 aromatic rings. The van der Waals surface area contributed by atoms with Crippen LogP contribution in [0.1, 0.15) is 16.7 Å². The summed E-state index contributed by atoms with van der Waals surface area (Å²) < 4.78 is 49.8. The van der Waals surface area contributed by atoms with Crippen LogP contribution in [0.25, 0.3) is 0 Å². The normalized spacial score (nSPS) is 11.1. The third kappa shape index (κ3) is 1.84. The van der Waals surface area contributed by atoms with Gasteiger partial charge in [-0.2, -0.15) is 18.4 Å². The number of hydrogen-bond acceptors (Lipinski definition) is 1. The topological polar surface area (TPSA) is 23.8 Å². The van der Waals surface area contributed by atoms with Gasteiger partial charge in [-0.25, -0.2) is 4.39 Å². The lowest BCUT2D eigenvalue weighted by Crippen LogP contribution is -2.09. The van der Waals surface area contributed by atoms with Crippen LogP contribution >= 0.6 is 0 Å². The van der Waals surface area contributed by atoms with E-state index in [4.69, 9.17) is 5.26 Å². The van der Waals surface area contributed by atoms with Crippen LogP contribution in [0.2, 0.25) is 0 Å². The van der Waals surface area contributed by atoms with Crippen molar-refractivity contribution in [2.24, 2.45) is 0 Å². The highest BCUT2D eigenvalue weighted by molar-refractivity contribution is 5.42. The molecule has 0 atom stereocenters. The molecule has 0 unspecified atom stereocenters. The molecule has 0 radical (unpaired) electrons. The molecule has 14 heavy (non-hydrogen) atoms. The Bertz CT molecular complexity index is 400. The van der Waals surface area contributed by atoms with Gasteiger partial charge in [0, 0.05) is 0 Å². The van der Waals surface area contributed by atoms with E-state index in [0.29, 0.717) is 0 Å². The number of hydrogen-bond donors (Lipinski definition) is 0. The molecule has 0 N–H and O–H groups in total. The van der Waals surface area contributed by atoms with Crippen LogP contribution in [-0.4, -0.2) is 0 Å². The minimum atomic E-state index is -4.70. The average molecular weight is 203 g/mol. The van der Waals surface area contributed by atoms with E-state index in [1.54, 1.807) is 0 Å². The van der Waals surface area contributed by atoms with Gasteiger partial charge in [-0.15, -0.1) is 0 Å². The Balaban J connectivity index is 3.50.